The van der Waals surface area contributed by atoms with E-state index in [2.05, 4.69) is 9.80 Å². The number of fused-ring (bicyclic) bond motifs is 1. The normalized spacial score (nSPS) is 16.2. The first kappa shape index (κ1) is 20.5. The number of nitro groups is 1. The molecular formula is C20H21FN4O4S. The molecule has 0 unspecified atom stereocenters. The van der Waals surface area contributed by atoms with E-state index in [1.165, 1.54) is 36.5 Å². The second-order valence-corrected chi connectivity index (χ2v) is 9.26. The smallest absolute Gasteiger partial charge is 0.270 e. The highest BCUT2D eigenvalue weighted by molar-refractivity contribution is 7.90. The summed E-state index contributed by atoms with van der Waals surface area (Å²) in [5.74, 6) is -0.530. The highest BCUT2D eigenvalue weighted by atomic mass is 32.2. The lowest BCUT2D eigenvalue weighted by molar-refractivity contribution is -0.384. The van der Waals surface area contributed by atoms with E-state index in [9.17, 15) is 22.9 Å². The van der Waals surface area contributed by atoms with Gasteiger partial charge in [-0.2, -0.15) is 0 Å². The lowest BCUT2D eigenvalue weighted by atomic mass is 10.1. The quantitative estimate of drug-likeness (QED) is 0.455. The number of rotatable bonds is 5. The van der Waals surface area contributed by atoms with E-state index in [0.717, 1.165) is 42.3 Å². The second-order valence-electron chi connectivity index (χ2n) is 7.45. The summed E-state index contributed by atoms with van der Waals surface area (Å²) in [6, 6.07) is 8.76. The molecular weight excluding hydrogens is 411 g/mol. The fraction of sp³-hybridized carbons (Fsp3) is 0.300. The number of nitro benzene ring substituents is 1. The Morgan fingerprint density at radius 2 is 1.73 bits per heavy atom. The Hall–Kier alpha value is -2.82. The van der Waals surface area contributed by atoms with Gasteiger partial charge >= 0.3 is 0 Å². The summed E-state index contributed by atoms with van der Waals surface area (Å²) in [7, 11) is -1.95. The molecule has 0 aliphatic carbocycles. The minimum atomic E-state index is -3.99. The Morgan fingerprint density at radius 3 is 2.37 bits per heavy atom. The third-order valence-electron chi connectivity index (χ3n) is 5.41. The number of benzene rings is 2. The number of aromatic nitrogens is 1. The zero-order chi connectivity index (χ0) is 21.5. The van der Waals surface area contributed by atoms with Gasteiger partial charge in [-0.15, -0.1) is 0 Å². The molecule has 1 fully saturated rings. The fourth-order valence-corrected chi connectivity index (χ4v) is 5.05. The third-order valence-corrected chi connectivity index (χ3v) is 7.10. The third kappa shape index (κ3) is 3.81. The van der Waals surface area contributed by atoms with Crippen LogP contribution in [0.4, 0.5) is 10.1 Å². The van der Waals surface area contributed by atoms with Crippen molar-refractivity contribution in [3.05, 3.63) is 70.2 Å². The molecule has 0 spiro atoms. The molecule has 8 nitrogen and oxygen atoms in total. The van der Waals surface area contributed by atoms with Crippen LogP contribution in [-0.4, -0.2) is 60.3 Å². The number of likely N-dealkylation sites (N-methyl/N-ethyl adjacent to an activating group) is 1. The maximum Gasteiger partial charge on any atom is 0.270 e. The maximum atomic E-state index is 13.3. The minimum Gasteiger partial charge on any atom is -0.304 e. The minimum absolute atomic E-state index is 0.0506. The average molecular weight is 432 g/mol. The Balaban J connectivity index is 1.82. The summed E-state index contributed by atoms with van der Waals surface area (Å²) >= 11 is 0. The van der Waals surface area contributed by atoms with Crippen LogP contribution < -0.4 is 0 Å². The standard InChI is InChI=1S/C20H21FN4O4S/c1-22-8-10-23(11-9-22)13-15-14-24(20-7-4-17(25(26)27)12-19(15)20)30(28,29)18-5-2-16(21)3-6-18/h2-7,12,14H,8-11,13H2,1H3. The summed E-state index contributed by atoms with van der Waals surface area (Å²) in [5, 5.41) is 11.8. The van der Waals surface area contributed by atoms with Gasteiger partial charge in [-0.05, 0) is 42.9 Å². The average Bonchev–Trinajstić information content (AvgIpc) is 3.08. The molecule has 1 aliphatic heterocycles. The zero-order valence-electron chi connectivity index (χ0n) is 16.4. The molecule has 3 aromatic rings. The summed E-state index contributed by atoms with van der Waals surface area (Å²) in [6.45, 7) is 3.92. The molecule has 0 bridgehead atoms. The zero-order valence-corrected chi connectivity index (χ0v) is 17.2. The molecule has 158 valence electrons. The lowest BCUT2D eigenvalue weighted by Gasteiger charge is -2.32. The van der Waals surface area contributed by atoms with Crippen molar-refractivity contribution < 1.29 is 17.7 Å². The molecule has 0 atom stereocenters. The number of piperazine rings is 1. The van der Waals surface area contributed by atoms with Crippen LogP contribution in [0, 0.1) is 15.9 Å². The van der Waals surface area contributed by atoms with Crippen molar-refractivity contribution in [3.8, 4) is 0 Å². The van der Waals surface area contributed by atoms with Gasteiger partial charge in [-0.25, -0.2) is 16.8 Å². The lowest BCUT2D eigenvalue weighted by Crippen LogP contribution is -2.43. The molecule has 1 aliphatic rings. The topological polar surface area (TPSA) is 88.7 Å². The van der Waals surface area contributed by atoms with Crippen molar-refractivity contribution >= 4 is 26.6 Å². The maximum absolute atomic E-state index is 13.3. The van der Waals surface area contributed by atoms with Gasteiger partial charge in [0.05, 0.1) is 15.3 Å². The molecule has 2 heterocycles. The molecule has 2 aromatic carbocycles. The molecule has 0 amide bonds. The Kier molecular flexibility index (Phi) is 5.31. The van der Waals surface area contributed by atoms with E-state index in [4.69, 9.17) is 0 Å². The predicted octanol–water partition coefficient (Wildman–Crippen LogP) is 2.67. The van der Waals surface area contributed by atoms with Crippen LogP contribution in [0.25, 0.3) is 10.9 Å². The van der Waals surface area contributed by atoms with Crippen molar-refractivity contribution in [2.24, 2.45) is 0 Å². The van der Waals surface area contributed by atoms with E-state index in [1.807, 2.05) is 7.05 Å². The number of hydrogen-bond donors (Lipinski definition) is 0. The number of non-ortho nitro benzene ring substituents is 1. The van der Waals surface area contributed by atoms with E-state index >= 15 is 0 Å². The van der Waals surface area contributed by atoms with Crippen molar-refractivity contribution in [3.63, 3.8) is 0 Å². The molecule has 0 N–H and O–H groups in total. The van der Waals surface area contributed by atoms with Gasteiger partial charge in [0.1, 0.15) is 5.82 Å². The van der Waals surface area contributed by atoms with Crippen molar-refractivity contribution in [2.75, 3.05) is 33.2 Å². The van der Waals surface area contributed by atoms with Crippen molar-refractivity contribution in [1.82, 2.24) is 13.8 Å². The van der Waals surface area contributed by atoms with Crippen LogP contribution in [-0.2, 0) is 16.6 Å². The highest BCUT2D eigenvalue weighted by Crippen LogP contribution is 2.30. The van der Waals surface area contributed by atoms with Gasteiger partial charge in [-0.1, -0.05) is 0 Å². The molecule has 4 rings (SSSR count). The van der Waals surface area contributed by atoms with Crippen LogP contribution in [0.5, 0.6) is 0 Å². The fourth-order valence-electron chi connectivity index (χ4n) is 3.66. The summed E-state index contributed by atoms with van der Waals surface area (Å²) in [5.41, 5.74) is 0.956. The highest BCUT2D eigenvalue weighted by Gasteiger charge is 2.24. The molecule has 30 heavy (non-hydrogen) atoms. The van der Waals surface area contributed by atoms with Gasteiger partial charge in [0, 0.05) is 56.4 Å². The summed E-state index contributed by atoms with van der Waals surface area (Å²) < 4.78 is 40.8. The summed E-state index contributed by atoms with van der Waals surface area (Å²) in [4.78, 5) is 15.1. The SMILES string of the molecule is CN1CCN(Cc2cn(S(=O)(=O)c3ccc(F)cc3)c3ccc([N+](=O)[O-])cc23)CC1. The first-order chi connectivity index (χ1) is 14.3. The van der Waals surface area contributed by atoms with Gasteiger partial charge in [0.25, 0.3) is 15.7 Å². The Bertz CT molecular complexity index is 1200. The van der Waals surface area contributed by atoms with E-state index in [1.54, 1.807) is 0 Å². The van der Waals surface area contributed by atoms with Gasteiger partial charge < -0.3 is 4.90 Å². The van der Waals surface area contributed by atoms with E-state index in [0.29, 0.717) is 23.0 Å². The monoisotopic (exact) mass is 432 g/mol. The molecule has 0 saturated carbocycles. The Morgan fingerprint density at radius 1 is 1.07 bits per heavy atom. The van der Waals surface area contributed by atoms with Crippen molar-refractivity contribution in [2.45, 2.75) is 11.4 Å². The van der Waals surface area contributed by atoms with E-state index < -0.39 is 20.8 Å². The molecule has 10 heteroatoms. The van der Waals surface area contributed by atoms with Gasteiger partial charge in [0.2, 0.25) is 0 Å². The number of halogens is 1. The van der Waals surface area contributed by atoms with Gasteiger partial charge in [0.15, 0.2) is 0 Å². The molecule has 1 aromatic heterocycles. The molecule has 1 saturated heterocycles. The largest absolute Gasteiger partial charge is 0.304 e. The second kappa shape index (κ2) is 7.78. The molecule has 0 radical (unpaired) electrons. The number of nitrogens with zero attached hydrogens (tertiary/aromatic N) is 4. The van der Waals surface area contributed by atoms with Crippen LogP contribution in [0.3, 0.4) is 0 Å². The first-order valence-electron chi connectivity index (χ1n) is 9.46. The number of hydrogen-bond acceptors (Lipinski definition) is 6. The van der Waals surface area contributed by atoms with Crippen LogP contribution in [0.2, 0.25) is 0 Å². The van der Waals surface area contributed by atoms with Crippen LogP contribution >= 0.6 is 0 Å². The first-order valence-corrected chi connectivity index (χ1v) is 10.9. The van der Waals surface area contributed by atoms with Crippen LogP contribution in [0.15, 0.2) is 53.6 Å². The van der Waals surface area contributed by atoms with Gasteiger partial charge in [-0.3, -0.25) is 15.0 Å². The Labute approximate surface area is 173 Å². The predicted molar refractivity (Wildman–Crippen MR) is 110 cm³/mol. The van der Waals surface area contributed by atoms with Crippen LogP contribution in [0.1, 0.15) is 5.56 Å². The summed E-state index contributed by atoms with van der Waals surface area (Å²) in [6.07, 6.45) is 1.52. The van der Waals surface area contributed by atoms with Crippen molar-refractivity contribution in [1.29, 1.82) is 0 Å². The van der Waals surface area contributed by atoms with E-state index in [-0.39, 0.29) is 10.6 Å².